The minimum absolute atomic E-state index is 0.221. The van der Waals surface area contributed by atoms with Gasteiger partial charge in [-0.3, -0.25) is 0 Å². The fourth-order valence-electron chi connectivity index (χ4n) is 3.29. The number of rotatable bonds is 3. The Morgan fingerprint density at radius 3 is 2.84 bits per heavy atom. The zero-order chi connectivity index (χ0) is 13.6. The topological polar surface area (TPSA) is 25.2 Å². The number of aliphatic hydroxyl groups excluding tert-OH is 1. The zero-order valence-electron chi connectivity index (χ0n) is 11.5. The minimum atomic E-state index is 0.221. The average molecular weight is 322 g/mol. The van der Waals surface area contributed by atoms with Crippen molar-refractivity contribution in [3.05, 3.63) is 33.9 Å². The van der Waals surface area contributed by atoms with Gasteiger partial charge in [-0.1, -0.05) is 29.8 Å². The molecule has 1 unspecified atom stereocenters. The maximum absolute atomic E-state index is 9.72. The van der Waals surface area contributed by atoms with Crippen LogP contribution in [0, 0.1) is 5.92 Å². The van der Waals surface area contributed by atoms with Crippen LogP contribution in [0.5, 0.6) is 0 Å². The van der Waals surface area contributed by atoms with Gasteiger partial charge < -0.3 is 9.67 Å². The number of aryl methyl sites for hydroxylation is 2. The van der Waals surface area contributed by atoms with Gasteiger partial charge in [-0.15, -0.1) is 0 Å². The molecule has 1 atom stereocenters. The molecule has 0 spiro atoms. The lowest BCUT2D eigenvalue weighted by Crippen LogP contribution is -2.10. The van der Waals surface area contributed by atoms with Gasteiger partial charge in [0.1, 0.15) is 0 Å². The van der Waals surface area contributed by atoms with Crippen LogP contribution in [0.3, 0.4) is 0 Å². The highest BCUT2D eigenvalue weighted by Gasteiger charge is 2.23. The Bertz CT molecular complexity index is 615. The second-order valence-corrected chi connectivity index (χ2v) is 6.79. The first-order valence-electron chi connectivity index (χ1n) is 7.04. The smallest absolute Gasteiger partial charge is 0.0516 e. The molecule has 19 heavy (non-hydrogen) atoms. The molecule has 1 N–H and O–H groups in total. The Morgan fingerprint density at radius 2 is 2.16 bits per heavy atom. The first-order chi connectivity index (χ1) is 9.11. The van der Waals surface area contributed by atoms with Gasteiger partial charge in [-0.2, -0.15) is 0 Å². The highest BCUT2D eigenvalue weighted by atomic mass is 79.9. The highest BCUT2D eigenvalue weighted by molar-refractivity contribution is 9.10. The van der Waals surface area contributed by atoms with Crippen LogP contribution in [0.2, 0.25) is 0 Å². The molecule has 102 valence electrons. The fourth-order valence-corrected chi connectivity index (χ4v) is 3.79. The Balaban J connectivity index is 2.27. The first-order valence-corrected chi connectivity index (χ1v) is 7.83. The predicted molar refractivity (Wildman–Crippen MR) is 82.6 cm³/mol. The maximum Gasteiger partial charge on any atom is 0.0516 e. The van der Waals surface area contributed by atoms with Crippen LogP contribution in [-0.2, 0) is 13.0 Å². The Kier molecular flexibility index (Phi) is 3.44. The SMILES string of the molecule is CC(C)C(CO)c1cn2c3c(cc(Br)cc13)CCC2. The van der Waals surface area contributed by atoms with Crippen LogP contribution in [0.4, 0.5) is 0 Å². The maximum atomic E-state index is 9.72. The van der Waals surface area contributed by atoms with Gasteiger partial charge in [-0.25, -0.2) is 0 Å². The van der Waals surface area contributed by atoms with E-state index in [9.17, 15) is 5.11 Å². The summed E-state index contributed by atoms with van der Waals surface area (Å²) < 4.78 is 3.53. The van der Waals surface area contributed by atoms with Crippen molar-refractivity contribution in [2.24, 2.45) is 5.92 Å². The van der Waals surface area contributed by atoms with Gasteiger partial charge in [0.15, 0.2) is 0 Å². The van der Waals surface area contributed by atoms with E-state index < -0.39 is 0 Å². The van der Waals surface area contributed by atoms with Crippen molar-refractivity contribution in [3.8, 4) is 0 Å². The lowest BCUT2D eigenvalue weighted by molar-refractivity contribution is 0.238. The number of benzene rings is 1. The van der Waals surface area contributed by atoms with Crippen molar-refractivity contribution >= 4 is 26.8 Å². The standard InChI is InChI=1S/C16H20BrNO/c1-10(2)15(9-19)14-8-18-5-3-4-11-6-12(17)7-13(14)16(11)18/h6-8,10,15,19H,3-5,9H2,1-2H3. The van der Waals surface area contributed by atoms with Gasteiger partial charge in [0.2, 0.25) is 0 Å². The molecule has 0 saturated heterocycles. The molecule has 3 heteroatoms. The number of halogens is 1. The summed E-state index contributed by atoms with van der Waals surface area (Å²) in [5.74, 6) is 0.677. The van der Waals surface area contributed by atoms with Crippen molar-refractivity contribution < 1.29 is 5.11 Å². The minimum Gasteiger partial charge on any atom is -0.396 e. The van der Waals surface area contributed by atoms with E-state index >= 15 is 0 Å². The second kappa shape index (κ2) is 4.95. The third-order valence-corrected chi connectivity index (χ3v) is 4.75. The number of hydrogen-bond donors (Lipinski definition) is 1. The highest BCUT2D eigenvalue weighted by Crippen LogP contribution is 2.37. The molecule has 1 aromatic heterocycles. The van der Waals surface area contributed by atoms with Crippen molar-refractivity contribution in [1.82, 2.24) is 4.57 Å². The molecule has 0 bridgehead atoms. The molecular weight excluding hydrogens is 302 g/mol. The Hall–Kier alpha value is -0.800. The van der Waals surface area contributed by atoms with Gasteiger partial charge >= 0.3 is 0 Å². The summed E-state index contributed by atoms with van der Waals surface area (Å²) in [6.45, 7) is 5.69. The lowest BCUT2D eigenvalue weighted by atomic mass is 9.88. The van der Waals surface area contributed by atoms with E-state index in [-0.39, 0.29) is 12.5 Å². The van der Waals surface area contributed by atoms with E-state index in [1.807, 2.05) is 0 Å². The van der Waals surface area contributed by atoms with Crippen molar-refractivity contribution in [1.29, 1.82) is 0 Å². The molecule has 1 aliphatic heterocycles. The lowest BCUT2D eigenvalue weighted by Gasteiger charge is -2.18. The molecule has 1 aromatic carbocycles. The van der Waals surface area contributed by atoms with E-state index in [0.29, 0.717) is 5.92 Å². The summed E-state index contributed by atoms with van der Waals surface area (Å²) in [5.41, 5.74) is 4.11. The molecule has 0 saturated carbocycles. The summed E-state index contributed by atoms with van der Waals surface area (Å²) >= 11 is 3.63. The second-order valence-electron chi connectivity index (χ2n) is 5.88. The number of aliphatic hydroxyl groups is 1. The molecule has 2 nitrogen and oxygen atoms in total. The summed E-state index contributed by atoms with van der Waals surface area (Å²) in [6.07, 6.45) is 4.63. The van der Waals surface area contributed by atoms with Crippen LogP contribution in [0.15, 0.2) is 22.8 Å². The van der Waals surface area contributed by atoms with Crippen LogP contribution in [0.1, 0.15) is 37.3 Å². The molecule has 0 fully saturated rings. The molecule has 0 aliphatic carbocycles. The normalized spacial score (nSPS) is 16.3. The van der Waals surface area contributed by atoms with Crippen molar-refractivity contribution in [2.75, 3.05) is 6.61 Å². The van der Waals surface area contributed by atoms with Crippen LogP contribution in [-0.4, -0.2) is 16.3 Å². The third kappa shape index (κ3) is 2.13. The number of aromatic nitrogens is 1. The largest absolute Gasteiger partial charge is 0.396 e. The van der Waals surface area contributed by atoms with E-state index in [4.69, 9.17) is 0 Å². The van der Waals surface area contributed by atoms with E-state index in [0.717, 1.165) is 17.4 Å². The molecule has 0 radical (unpaired) electrons. The third-order valence-electron chi connectivity index (χ3n) is 4.29. The average Bonchev–Trinajstić information content (AvgIpc) is 2.70. The van der Waals surface area contributed by atoms with E-state index in [2.05, 4.69) is 52.7 Å². The fraction of sp³-hybridized carbons (Fsp3) is 0.500. The number of hydrogen-bond acceptors (Lipinski definition) is 1. The van der Waals surface area contributed by atoms with Gasteiger partial charge in [0.05, 0.1) is 12.1 Å². The summed E-state index contributed by atoms with van der Waals surface area (Å²) in [6, 6.07) is 4.45. The van der Waals surface area contributed by atoms with Gasteiger partial charge in [0, 0.05) is 28.5 Å². The zero-order valence-corrected chi connectivity index (χ0v) is 13.1. The molecular formula is C16H20BrNO. The summed E-state index contributed by atoms with van der Waals surface area (Å²) in [7, 11) is 0. The molecule has 1 aliphatic rings. The Labute approximate surface area is 122 Å². The Morgan fingerprint density at radius 1 is 1.37 bits per heavy atom. The van der Waals surface area contributed by atoms with Crippen LogP contribution < -0.4 is 0 Å². The predicted octanol–water partition coefficient (Wildman–Crippen LogP) is 4.08. The van der Waals surface area contributed by atoms with Gasteiger partial charge in [-0.05, 0) is 42.0 Å². The van der Waals surface area contributed by atoms with E-state index in [1.165, 1.54) is 28.5 Å². The van der Waals surface area contributed by atoms with Crippen LogP contribution >= 0.6 is 15.9 Å². The molecule has 2 heterocycles. The monoisotopic (exact) mass is 321 g/mol. The quantitative estimate of drug-likeness (QED) is 0.905. The summed E-state index contributed by atoms with van der Waals surface area (Å²) in [5, 5.41) is 11.0. The molecule has 2 aromatic rings. The van der Waals surface area contributed by atoms with Gasteiger partial charge in [0.25, 0.3) is 0 Å². The van der Waals surface area contributed by atoms with E-state index in [1.54, 1.807) is 0 Å². The molecule has 3 rings (SSSR count). The molecule has 0 amide bonds. The summed E-state index contributed by atoms with van der Waals surface area (Å²) in [4.78, 5) is 0. The number of nitrogens with zero attached hydrogens (tertiary/aromatic N) is 1. The first kappa shape index (κ1) is 13.2. The van der Waals surface area contributed by atoms with Crippen molar-refractivity contribution in [2.45, 2.75) is 39.2 Å². The van der Waals surface area contributed by atoms with Crippen LogP contribution in [0.25, 0.3) is 10.9 Å². The van der Waals surface area contributed by atoms with Crippen molar-refractivity contribution in [3.63, 3.8) is 0 Å².